The first kappa shape index (κ1) is 21.3. The zero-order chi connectivity index (χ0) is 22.1. The number of fused-ring (bicyclic) bond motifs is 1. The van der Waals surface area contributed by atoms with Gasteiger partial charge in [0.15, 0.2) is 0 Å². The average molecular weight is 487 g/mol. The minimum absolute atomic E-state index is 0.405. The van der Waals surface area contributed by atoms with E-state index in [0.717, 1.165) is 49.9 Å². The molecule has 0 aliphatic carbocycles. The highest BCUT2D eigenvalue weighted by Crippen LogP contribution is 2.36. The number of anilines is 1. The summed E-state index contributed by atoms with van der Waals surface area (Å²) >= 11 is 2.94. The normalized spacial score (nSPS) is 14.8. The van der Waals surface area contributed by atoms with Gasteiger partial charge in [-0.1, -0.05) is 0 Å². The lowest BCUT2D eigenvalue weighted by Gasteiger charge is -2.13. The van der Waals surface area contributed by atoms with Crippen LogP contribution in [0.4, 0.5) is 5.82 Å². The molecule has 32 heavy (non-hydrogen) atoms. The Kier molecular flexibility index (Phi) is 5.85. The molecule has 0 saturated carbocycles. The molecule has 0 radical (unpaired) electrons. The van der Waals surface area contributed by atoms with Gasteiger partial charge in [-0.15, -0.1) is 22.7 Å². The van der Waals surface area contributed by atoms with Crippen molar-refractivity contribution in [2.45, 2.75) is 23.6 Å². The summed E-state index contributed by atoms with van der Waals surface area (Å²) in [4.78, 5) is 10.9. The fraction of sp³-hybridized carbons (Fsp3) is 0.273. The molecule has 1 saturated heterocycles. The Balaban J connectivity index is 1.35. The predicted molar refractivity (Wildman–Crippen MR) is 129 cm³/mol. The summed E-state index contributed by atoms with van der Waals surface area (Å²) in [7, 11) is -1.72. The second kappa shape index (κ2) is 8.78. The summed E-state index contributed by atoms with van der Waals surface area (Å²) in [6.07, 6.45) is 3.41. The Morgan fingerprint density at radius 1 is 1.06 bits per heavy atom. The van der Waals surface area contributed by atoms with Crippen LogP contribution in [-0.4, -0.2) is 42.9 Å². The molecule has 0 amide bonds. The molecule has 1 aliphatic rings. The summed E-state index contributed by atoms with van der Waals surface area (Å²) < 4.78 is 33.7. The molecule has 0 atom stereocenters. The van der Waals surface area contributed by atoms with Crippen LogP contribution in [0.25, 0.3) is 20.7 Å². The summed E-state index contributed by atoms with van der Waals surface area (Å²) in [5.74, 6) is 1.57. The molecule has 7 nitrogen and oxygen atoms in total. The maximum absolute atomic E-state index is 12.8. The number of sulfonamides is 1. The van der Waals surface area contributed by atoms with E-state index in [-0.39, 0.29) is 0 Å². The van der Waals surface area contributed by atoms with Crippen LogP contribution in [0, 0.1) is 0 Å². The number of aromatic nitrogens is 2. The Hall–Kier alpha value is -2.53. The minimum atomic E-state index is -3.38. The Morgan fingerprint density at radius 3 is 2.59 bits per heavy atom. The summed E-state index contributed by atoms with van der Waals surface area (Å²) in [5, 5.41) is 3.36. The van der Waals surface area contributed by atoms with Crippen molar-refractivity contribution in [2.24, 2.45) is 0 Å². The highest BCUT2D eigenvalue weighted by Gasteiger charge is 2.28. The van der Waals surface area contributed by atoms with Gasteiger partial charge in [0.2, 0.25) is 0 Å². The van der Waals surface area contributed by atoms with Crippen molar-refractivity contribution in [3.63, 3.8) is 0 Å². The topological polar surface area (TPSA) is 84.4 Å². The number of thiophene rings is 2. The highest BCUT2D eigenvalue weighted by molar-refractivity contribution is 7.91. The number of hydrogen-bond acceptors (Lipinski definition) is 8. The molecule has 1 N–H and O–H groups in total. The van der Waals surface area contributed by atoms with Gasteiger partial charge in [-0.3, -0.25) is 0 Å². The van der Waals surface area contributed by atoms with Gasteiger partial charge in [-0.25, -0.2) is 18.4 Å². The number of methoxy groups -OCH3 is 1. The zero-order valence-electron chi connectivity index (χ0n) is 17.4. The van der Waals surface area contributed by atoms with E-state index in [4.69, 9.17) is 4.74 Å². The van der Waals surface area contributed by atoms with E-state index in [1.807, 2.05) is 30.3 Å². The lowest BCUT2D eigenvalue weighted by molar-refractivity contribution is 0.415. The third kappa shape index (κ3) is 4.11. The van der Waals surface area contributed by atoms with E-state index in [1.54, 1.807) is 35.1 Å². The number of nitrogens with one attached hydrogen (secondary N) is 1. The largest absolute Gasteiger partial charge is 0.497 e. The van der Waals surface area contributed by atoms with Crippen molar-refractivity contribution in [3.05, 3.63) is 53.7 Å². The molecule has 4 aromatic rings. The van der Waals surface area contributed by atoms with E-state index in [9.17, 15) is 8.42 Å². The van der Waals surface area contributed by atoms with Crippen LogP contribution in [0.1, 0.15) is 17.7 Å². The maximum Gasteiger partial charge on any atom is 0.252 e. The van der Waals surface area contributed by atoms with Gasteiger partial charge in [-0.05, 0) is 60.9 Å². The maximum atomic E-state index is 12.8. The average Bonchev–Trinajstić information content (AvgIpc) is 3.58. The van der Waals surface area contributed by atoms with Gasteiger partial charge in [-0.2, -0.15) is 4.31 Å². The fourth-order valence-electron chi connectivity index (χ4n) is 3.70. The lowest BCUT2D eigenvalue weighted by atomic mass is 10.2. The van der Waals surface area contributed by atoms with Crippen LogP contribution < -0.4 is 10.1 Å². The molecular weight excluding hydrogens is 464 g/mol. The third-order valence-electron chi connectivity index (χ3n) is 5.41. The predicted octanol–water partition coefficient (Wildman–Crippen LogP) is 4.83. The Morgan fingerprint density at radius 2 is 1.84 bits per heavy atom. The number of ether oxygens (including phenoxy) is 1. The van der Waals surface area contributed by atoms with Crippen molar-refractivity contribution in [3.8, 4) is 16.2 Å². The highest BCUT2D eigenvalue weighted by atomic mass is 32.2. The van der Waals surface area contributed by atoms with Gasteiger partial charge in [0.05, 0.1) is 23.9 Å². The van der Waals surface area contributed by atoms with E-state index >= 15 is 0 Å². The summed E-state index contributed by atoms with van der Waals surface area (Å²) in [6.45, 7) is 1.73. The van der Waals surface area contributed by atoms with Gasteiger partial charge >= 0.3 is 0 Å². The quantitative estimate of drug-likeness (QED) is 0.403. The lowest BCUT2D eigenvalue weighted by Crippen LogP contribution is -2.27. The molecular formula is C22H22N4O3S3. The van der Waals surface area contributed by atoms with Gasteiger partial charge < -0.3 is 10.1 Å². The summed E-state index contributed by atoms with van der Waals surface area (Å²) in [5.41, 5.74) is 1.97. The molecule has 4 heterocycles. The van der Waals surface area contributed by atoms with Crippen molar-refractivity contribution >= 4 is 48.7 Å². The molecule has 3 aromatic heterocycles. The number of hydrogen-bond donors (Lipinski definition) is 1. The molecule has 166 valence electrons. The number of benzene rings is 1. The molecule has 1 fully saturated rings. The number of nitrogens with zero attached hydrogens (tertiary/aromatic N) is 3. The van der Waals surface area contributed by atoms with Crippen molar-refractivity contribution in [1.82, 2.24) is 14.3 Å². The monoisotopic (exact) mass is 486 g/mol. The van der Waals surface area contributed by atoms with Crippen molar-refractivity contribution < 1.29 is 13.2 Å². The molecule has 5 rings (SSSR count). The third-order valence-corrected chi connectivity index (χ3v) is 10.0. The van der Waals surface area contributed by atoms with Gasteiger partial charge in [0, 0.05) is 22.8 Å². The summed E-state index contributed by atoms with van der Waals surface area (Å²) in [6, 6.07) is 13.6. The van der Waals surface area contributed by atoms with E-state index in [2.05, 4.69) is 21.4 Å². The van der Waals surface area contributed by atoms with Crippen LogP contribution in [0.5, 0.6) is 5.75 Å². The Bertz CT molecular complexity index is 1340. The molecule has 10 heteroatoms. The number of rotatable bonds is 7. The second-order valence-electron chi connectivity index (χ2n) is 7.46. The smallest absolute Gasteiger partial charge is 0.252 e. The molecule has 0 unspecified atom stereocenters. The van der Waals surface area contributed by atoms with Crippen molar-refractivity contribution in [2.75, 3.05) is 25.5 Å². The first-order valence-corrected chi connectivity index (χ1v) is 13.3. The van der Waals surface area contributed by atoms with Gasteiger partial charge in [0.25, 0.3) is 10.0 Å². The second-order valence-corrected chi connectivity index (χ2v) is 11.8. The first-order chi connectivity index (χ1) is 15.5. The van der Waals surface area contributed by atoms with Crippen LogP contribution in [0.3, 0.4) is 0 Å². The molecule has 1 aliphatic heterocycles. The van der Waals surface area contributed by atoms with Crippen LogP contribution in [-0.2, 0) is 16.6 Å². The SMILES string of the molecule is COc1ccc(-c2cc3ncnc(NCc4ccc(S(=O)(=O)N5CCCC5)s4)c3s2)cc1. The molecule has 0 bridgehead atoms. The van der Waals surface area contributed by atoms with Crippen LogP contribution in [0.15, 0.2) is 53.0 Å². The zero-order valence-corrected chi connectivity index (χ0v) is 19.9. The van der Waals surface area contributed by atoms with E-state index < -0.39 is 10.0 Å². The fourth-order valence-corrected chi connectivity index (χ4v) is 7.75. The van der Waals surface area contributed by atoms with Gasteiger partial charge in [0.1, 0.15) is 22.1 Å². The standard InChI is InChI=1S/C22H22N4O3S3/c1-29-16-6-4-15(5-7-16)19-12-18-21(31-19)22(25-14-24-18)23-13-17-8-9-20(30-17)32(27,28)26-10-2-3-11-26/h4-9,12,14H,2-3,10-11,13H2,1H3,(H,23,24,25). The van der Waals surface area contributed by atoms with E-state index in [0.29, 0.717) is 23.8 Å². The van der Waals surface area contributed by atoms with Crippen LogP contribution >= 0.6 is 22.7 Å². The molecule has 0 spiro atoms. The van der Waals surface area contributed by atoms with E-state index in [1.165, 1.54) is 11.3 Å². The minimum Gasteiger partial charge on any atom is -0.497 e. The molecule has 1 aromatic carbocycles. The first-order valence-electron chi connectivity index (χ1n) is 10.3. The van der Waals surface area contributed by atoms with Crippen molar-refractivity contribution in [1.29, 1.82) is 0 Å². The Labute approximate surface area is 194 Å². The van der Waals surface area contributed by atoms with Crippen LogP contribution in [0.2, 0.25) is 0 Å².